The number of carbonyl (C=O) groups excluding carboxylic acids is 1. The average Bonchev–Trinajstić information content (AvgIpc) is 2.32. The number of halogens is 1. The van der Waals surface area contributed by atoms with Gasteiger partial charge in [0.1, 0.15) is 11.5 Å². The topological polar surface area (TPSA) is 54.0 Å². The number of benzene rings is 1. The predicted octanol–water partition coefficient (Wildman–Crippen LogP) is 2.62. The van der Waals surface area contributed by atoms with Crippen LogP contribution in [0.15, 0.2) is 16.6 Å². The maximum Gasteiger partial charge on any atom is 0.188 e. The van der Waals surface area contributed by atoms with Crippen molar-refractivity contribution in [3.63, 3.8) is 0 Å². The lowest BCUT2D eigenvalue weighted by atomic mass is 10.1. The van der Waals surface area contributed by atoms with E-state index in [0.29, 0.717) is 21.5 Å². The van der Waals surface area contributed by atoms with E-state index < -0.39 is 0 Å². The van der Waals surface area contributed by atoms with Crippen LogP contribution in [0.5, 0.6) is 11.5 Å². The van der Waals surface area contributed by atoms with Crippen LogP contribution < -0.4 is 9.47 Å². The smallest absolute Gasteiger partial charge is 0.188 e. The second-order valence-electron chi connectivity index (χ2n) is 3.44. The van der Waals surface area contributed by atoms with E-state index in [4.69, 9.17) is 18.9 Å². The summed E-state index contributed by atoms with van der Waals surface area (Å²) < 4.78 is 20.9. The van der Waals surface area contributed by atoms with E-state index in [1.165, 1.54) is 21.1 Å². The minimum absolute atomic E-state index is 0.0560. The molecule has 0 aliphatic rings. The van der Waals surface area contributed by atoms with Crippen LogP contribution in [0.2, 0.25) is 0 Å². The van der Waals surface area contributed by atoms with Crippen LogP contribution >= 0.6 is 15.9 Å². The fraction of sp³-hybridized carbons (Fsp3) is 0.417. The Morgan fingerprint density at radius 1 is 1.17 bits per heavy atom. The first-order valence-corrected chi connectivity index (χ1v) is 5.97. The Hall–Kier alpha value is -1.11. The summed E-state index contributed by atoms with van der Waals surface area (Å²) in [5.41, 5.74) is 0.455. The molecule has 0 aromatic heterocycles. The Labute approximate surface area is 114 Å². The zero-order valence-corrected chi connectivity index (χ0v) is 12.1. The summed E-state index contributed by atoms with van der Waals surface area (Å²) in [7, 11) is 3.04. The molecule has 0 spiro atoms. The fourth-order valence-corrected chi connectivity index (χ4v) is 2.05. The molecule has 0 unspecified atom stereocenters. The molecule has 0 heterocycles. The number of carbonyl (C=O) groups is 1. The Morgan fingerprint density at radius 2 is 1.78 bits per heavy atom. The normalized spacial score (nSPS) is 10.2. The maximum atomic E-state index is 11.6. The van der Waals surface area contributed by atoms with Crippen molar-refractivity contribution in [3.8, 4) is 11.5 Å². The van der Waals surface area contributed by atoms with Gasteiger partial charge in [-0.2, -0.15) is 0 Å². The number of ether oxygens (including phenoxy) is 4. The molecule has 0 aliphatic heterocycles. The zero-order valence-electron chi connectivity index (χ0n) is 10.5. The van der Waals surface area contributed by atoms with Crippen LogP contribution in [-0.4, -0.2) is 33.6 Å². The minimum atomic E-state index is -0.105. The van der Waals surface area contributed by atoms with Gasteiger partial charge in [0.2, 0.25) is 0 Å². The molecule has 0 saturated heterocycles. The lowest BCUT2D eigenvalue weighted by Crippen LogP contribution is -2.06. The second-order valence-corrected chi connectivity index (χ2v) is 4.29. The summed E-state index contributed by atoms with van der Waals surface area (Å²) in [6.45, 7) is 1.64. The van der Waals surface area contributed by atoms with Crippen molar-refractivity contribution in [2.75, 3.05) is 27.8 Å². The summed E-state index contributed by atoms with van der Waals surface area (Å²) in [5, 5.41) is 0. The molecule has 0 N–H and O–H groups in total. The van der Waals surface area contributed by atoms with Crippen LogP contribution in [0.4, 0.5) is 0 Å². The Morgan fingerprint density at radius 3 is 2.33 bits per heavy atom. The van der Waals surface area contributed by atoms with Crippen molar-refractivity contribution in [1.29, 1.82) is 0 Å². The Kier molecular flexibility index (Phi) is 6.11. The van der Waals surface area contributed by atoms with Crippen LogP contribution in [-0.2, 0) is 9.47 Å². The summed E-state index contributed by atoms with van der Waals surface area (Å²) in [5.74, 6) is 0.843. The van der Waals surface area contributed by atoms with Crippen LogP contribution in [0, 0.1) is 0 Å². The molecule has 0 amide bonds. The number of Topliss-reactive ketones (excluding diaryl/α,β-unsaturated/α-hetero) is 1. The molecule has 0 aliphatic carbocycles. The van der Waals surface area contributed by atoms with E-state index >= 15 is 0 Å². The second kappa shape index (κ2) is 7.35. The first-order chi connectivity index (χ1) is 8.60. The van der Waals surface area contributed by atoms with Gasteiger partial charge in [-0.3, -0.25) is 4.79 Å². The summed E-state index contributed by atoms with van der Waals surface area (Å²) in [6.07, 6.45) is 0. The minimum Gasteiger partial charge on any atom is -0.467 e. The molecule has 0 radical (unpaired) electrons. The maximum absolute atomic E-state index is 11.6. The van der Waals surface area contributed by atoms with Gasteiger partial charge in [-0.15, -0.1) is 0 Å². The summed E-state index contributed by atoms with van der Waals surface area (Å²) in [4.78, 5) is 11.6. The van der Waals surface area contributed by atoms with E-state index in [-0.39, 0.29) is 19.4 Å². The molecule has 0 saturated carbocycles. The first kappa shape index (κ1) is 14.9. The van der Waals surface area contributed by atoms with Gasteiger partial charge in [0, 0.05) is 24.8 Å². The third-order valence-electron chi connectivity index (χ3n) is 2.06. The molecule has 1 aromatic carbocycles. The molecule has 1 rings (SSSR count). The molecule has 0 bridgehead atoms. The Bertz CT molecular complexity index is 419. The lowest BCUT2D eigenvalue weighted by Gasteiger charge is -2.13. The number of ketones is 1. The Balaban J connectivity index is 3.06. The van der Waals surface area contributed by atoms with E-state index in [9.17, 15) is 4.79 Å². The van der Waals surface area contributed by atoms with Crippen LogP contribution in [0.1, 0.15) is 17.3 Å². The highest BCUT2D eigenvalue weighted by molar-refractivity contribution is 9.10. The standard InChI is InChI=1S/C12H15BrO5/c1-8(14)12-10(13)4-9(17-6-15-2)5-11(12)18-7-16-3/h4-5H,6-7H2,1-3H3. The SMILES string of the molecule is COCOc1cc(Br)c(C(C)=O)c(OCOC)c1. The molecule has 18 heavy (non-hydrogen) atoms. The summed E-state index contributed by atoms with van der Waals surface area (Å²) >= 11 is 3.32. The summed E-state index contributed by atoms with van der Waals surface area (Å²) in [6, 6.07) is 3.31. The quantitative estimate of drug-likeness (QED) is 0.571. The van der Waals surface area contributed by atoms with Crippen molar-refractivity contribution in [3.05, 3.63) is 22.2 Å². The van der Waals surface area contributed by atoms with Crippen LogP contribution in [0.3, 0.4) is 0 Å². The van der Waals surface area contributed by atoms with Crippen molar-refractivity contribution in [1.82, 2.24) is 0 Å². The molecule has 1 aromatic rings. The van der Waals surface area contributed by atoms with Gasteiger partial charge >= 0.3 is 0 Å². The van der Waals surface area contributed by atoms with E-state index in [0.717, 1.165) is 0 Å². The van der Waals surface area contributed by atoms with Crippen molar-refractivity contribution in [2.24, 2.45) is 0 Å². The number of hydrogen-bond donors (Lipinski definition) is 0. The van der Waals surface area contributed by atoms with Gasteiger partial charge in [0.25, 0.3) is 0 Å². The number of methoxy groups -OCH3 is 2. The molecular formula is C12H15BrO5. The highest BCUT2D eigenvalue weighted by atomic mass is 79.9. The van der Waals surface area contributed by atoms with Gasteiger partial charge in [0.05, 0.1) is 5.56 Å². The van der Waals surface area contributed by atoms with Gasteiger partial charge in [0.15, 0.2) is 19.4 Å². The zero-order chi connectivity index (χ0) is 13.5. The van der Waals surface area contributed by atoms with Gasteiger partial charge in [-0.05, 0) is 28.9 Å². The molecule has 6 heteroatoms. The van der Waals surface area contributed by atoms with E-state index in [2.05, 4.69) is 15.9 Å². The third-order valence-corrected chi connectivity index (χ3v) is 2.68. The fourth-order valence-electron chi connectivity index (χ4n) is 1.35. The molecule has 0 atom stereocenters. The third kappa shape index (κ3) is 3.97. The predicted molar refractivity (Wildman–Crippen MR) is 69.2 cm³/mol. The van der Waals surface area contributed by atoms with E-state index in [1.807, 2.05) is 0 Å². The monoisotopic (exact) mass is 318 g/mol. The van der Waals surface area contributed by atoms with Gasteiger partial charge in [-0.25, -0.2) is 0 Å². The number of rotatable bonds is 7. The number of hydrogen-bond acceptors (Lipinski definition) is 5. The van der Waals surface area contributed by atoms with Crippen molar-refractivity contribution >= 4 is 21.7 Å². The van der Waals surface area contributed by atoms with Gasteiger partial charge in [-0.1, -0.05) is 0 Å². The lowest BCUT2D eigenvalue weighted by molar-refractivity contribution is 0.0455. The van der Waals surface area contributed by atoms with Crippen LogP contribution in [0.25, 0.3) is 0 Å². The van der Waals surface area contributed by atoms with Crippen molar-refractivity contribution in [2.45, 2.75) is 6.92 Å². The molecule has 0 fully saturated rings. The van der Waals surface area contributed by atoms with E-state index in [1.54, 1.807) is 12.1 Å². The highest BCUT2D eigenvalue weighted by Gasteiger charge is 2.15. The van der Waals surface area contributed by atoms with Gasteiger partial charge < -0.3 is 18.9 Å². The molecule has 5 nitrogen and oxygen atoms in total. The van der Waals surface area contributed by atoms with Crippen molar-refractivity contribution < 1.29 is 23.7 Å². The molecule has 100 valence electrons. The highest BCUT2D eigenvalue weighted by Crippen LogP contribution is 2.33. The first-order valence-electron chi connectivity index (χ1n) is 5.18. The largest absolute Gasteiger partial charge is 0.467 e. The average molecular weight is 319 g/mol. The molecular weight excluding hydrogens is 304 g/mol.